The van der Waals surface area contributed by atoms with Crippen LogP contribution in [0.5, 0.6) is 0 Å². The van der Waals surface area contributed by atoms with Crippen LogP contribution >= 0.6 is 0 Å². The van der Waals surface area contributed by atoms with Gasteiger partial charge in [0.15, 0.2) is 0 Å². The minimum absolute atomic E-state index is 0.0652. The van der Waals surface area contributed by atoms with E-state index >= 15 is 0 Å². The molecule has 16 heavy (non-hydrogen) atoms. The smallest absolute Gasteiger partial charge is 0.311 e. The number of nitrogens with zero attached hydrogens (tertiary/aromatic N) is 3. The third-order valence-electron chi connectivity index (χ3n) is 2.71. The largest absolute Gasteiger partial charge is 0.481 e. The summed E-state index contributed by atoms with van der Waals surface area (Å²) in [7, 11) is 0. The van der Waals surface area contributed by atoms with E-state index in [1.807, 2.05) is 0 Å². The fourth-order valence-electron chi connectivity index (χ4n) is 1.41. The molecule has 0 saturated heterocycles. The second-order valence-electron chi connectivity index (χ2n) is 3.96. The lowest BCUT2D eigenvalue weighted by molar-refractivity contribution is -0.143. The lowest BCUT2D eigenvalue weighted by Crippen LogP contribution is -2.36. The van der Waals surface area contributed by atoms with Gasteiger partial charge in [0.05, 0.1) is 11.6 Å². The van der Waals surface area contributed by atoms with Gasteiger partial charge in [-0.05, 0) is 12.8 Å². The van der Waals surface area contributed by atoms with Crippen molar-refractivity contribution in [2.75, 3.05) is 6.54 Å². The van der Waals surface area contributed by atoms with E-state index in [0.717, 1.165) is 0 Å². The fourth-order valence-corrected chi connectivity index (χ4v) is 1.41. The van der Waals surface area contributed by atoms with Crippen molar-refractivity contribution in [3.63, 3.8) is 0 Å². The average molecular weight is 224 g/mol. The average Bonchev–Trinajstić information content (AvgIpc) is 2.88. The number of carboxylic acid groups (broad SMARTS) is 1. The van der Waals surface area contributed by atoms with Crippen molar-refractivity contribution in [2.24, 2.45) is 5.41 Å². The maximum absolute atomic E-state index is 11.4. The van der Waals surface area contributed by atoms with E-state index in [-0.39, 0.29) is 19.0 Å². The van der Waals surface area contributed by atoms with Gasteiger partial charge < -0.3 is 10.4 Å². The fraction of sp³-hybridized carbons (Fsp3) is 0.556. The van der Waals surface area contributed by atoms with Crippen molar-refractivity contribution < 1.29 is 14.7 Å². The summed E-state index contributed by atoms with van der Waals surface area (Å²) in [6, 6.07) is 0. The maximum Gasteiger partial charge on any atom is 0.311 e. The molecule has 0 aliphatic heterocycles. The number of hydrogen-bond acceptors (Lipinski definition) is 4. The van der Waals surface area contributed by atoms with Crippen molar-refractivity contribution in [3.05, 3.63) is 12.4 Å². The number of carboxylic acids is 1. The lowest BCUT2D eigenvalue weighted by Gasteiger charge is -2.10. The van der Waals surface area contributed by atoms with E-state index in [0.29, 0.717) is 12.8 Å². The molecule has 1 fully saturated rings. The van der Waals surface area contributed by atoms with Crippen LogP contribution in [0.25, 0.3) is 0 Å². The summed E-state index contributed by atoms with van der Waals surface area (Å²) in [5.74, 6) is -1.09. The molecule has 7 heteroatoms. The summed E-state index contributed by atoms with van der Waals surface area (Å²) in [4.78, 5) is 22.2. The number of rotatable bonds is 5. The molecular formula is C9H12N4O3. The van der Waals surface area contributed by atoms with E-state index in [4.69, 9.17) is 5.11 Å². The highest BCUT2D eigenvalue weighted by Crippen LogP contribution is 2.45. The Morgan fingerprint density at radius 3 is 2.75 bits per heavy atom. The summed E-state index contributed by atoms with van der Waals surface area (Å²) in [5, 5.41) is 18.7. The van der Waals surface area contributed by atoms with Crippen LogP contribution in [0.2, 0.25) is 0 Å². The van der Waals surface area contributed by atoms with Crippen LogP contribution in [0.4, 0.5) is 0 Å². The van der Waals surface area contributed by atoms with Gasteiger partial charge in [-0.1, -0.05) is 5.21 Å². The number of hydrogen-bond donors (Lipinski definition) is 2. The summed E-state index contributed by atoms with van der Waals surface area (Å²) < 4.78 is 1.38. The van der Waals surface area contributed by atoms with Gasteiger partial charge in [0.25, 0.3) is 0 Å². The SMILES string of the molecule is O=C(Cn1ccnn1)NCC1(C(=O)O)CC1. The first kappa shape index (κ1) is 10.6. The van der Waals surface area contributed by atoms with Gasteiger partial charge in [-0.3, -0.25) is 9.59 Å². The molecule has 0 atom stereocenters. The molecular weight excluding hydrogens is 212 g/mol. The number of carbonyl (C=O) groups excluding carboxylic acids is 1. The number of nitrogens with one attached hydrogen (secondary N) is 1. The minimum atomic E-state index is -0.839. The van der Waals surface area contributed by atoms with Gasteiger partial charge in [-0.2, -0.15) is 0 Å². The monoisotopic (exact) mass is 224 g/mol. The second-order valence-corrected chi connectivity index (χ2v) is 3.96. The first-order valence-electron chi connectivity index (χ1n) is 4.97. The van der Waals surface area contributed by atoms with E-state index < -0.39 is 11.4 Å². The zero-order valence-electron chi connectivity index (χ0n) is 8.59. The molecule has 2 N–H and O–H groups in total. The molecule has 0 aromatic carbocycles. The molecule has 0 radical (unpaired) electrons. The molecule has 1 aliphatic rings. The van der Waals surface area contributed by atoms with Crippen LogP contribution in [0.15, 0.2) is 12.4 Å². The number of aliphatic carboxylic acids is 1. The zero-order chi connectivity index (χ0) is 11.6. The Kier molecular flexibility index (Phi) is 2.59. The van der Waals surface area contributed by atoms with Crippen molar-refractivity contribution in [1.82, 2.24) is 20.3 Å². The van der Waals surface area contributed by atoms with Gasteiger partial charge >= 0.3 is 5.97 Å². The number of aromatic nitrogens is 3. The van der Waals surface area contributed by atoms with Crippen molar-refractivity contribution in [2.45, 2.75) is 19.4 Å². The van der Waals surface area contributed by atoms with Crippen molar-refractivity contribution in [3.8, 4) is 0 Å². The maximum atomic E-state index is 11.4. The minimum Gasteiger partial charge on any atom is -0.481 e. The molecule has 0 bridgehead atoms. The molecule has 2 rings (SSSR count). The first-order valence-corrected chi connectivity index (χ1v) is 4.97. The van der Waals surface area contributed by atoms with Crippen molar-refractivity contribution >= 4 is 11.9 Å². The predicted molar refractivity (Wildman–Crippen MR) is 52.3 cm³/mol. The van der Waals surface area contributed by atoms with Crippen LogP contribution in [0, 0.1) is 5.41 Å². The quantitative estimate of drug-likeness (QED) is 0.686. The normalized spacial score (nSPS) is 16.8. The molecule has 1 aromatic rings. The summed E-state index contributed by atoms with van der Waals surface area (Å²) >= 11 is 0. The van der Waals surface area contributed by atoms with Gasteiger partial charge in [0, 0.05) is 12.7 Å². The van der Waals surface area contributed by atoms with Crippen LogP contribution in [0.1, 0.15) is 12.8 Å². The number of carbonyl (C=O) groups is 2. The highest BCUT2D eigenvalue weighted by atomic mass is 16.4. The first-order chi connectivity index (χ1) is 7.62. The van der Waals surface area contributed by atoms with Gasteiger partial charge in [-0.15, -0.1) is 5.10 Å². The van der Waals surface area contributed by atoms with E-state index in [2.05, 4.69) is 15.6 Å². The molecule has 86 valence electrons. The van der Waals surface area contributed by atoms with Crippen LogP contribution in [-0.2, 0) is 16.1 Å². The molecule has 0 spiro atoms. The third kappa shape index (κ3) is 2.18. The zero-order valence-corrected chi connectivity index (χ0v) is 8.59. The highest BCUT2D eigenvalue weighted by Gasteiger charge is 2.50. The second kappa shape index (κ2) is 3.92. The van der Waals surface area contributed by atoms with E-state index in [1.54, 1.807) is 6.20 Å². The van der Waals surface area contributed by atoms with E-state index in [1.165, 1.54) is 10.9 Å². The molecule has 1 aromatic heterocycles. The van der Waals surface area contributed by atoms with Crippen molar-refractivity contribution in [1.29, 1.82) is 0 Å². The predicted octanol–water partition coefficient (Wildman–Crippen LogP) is -0.741. The summed E-state index contributed by atoms with van der Waals surface area (Å²) in [5.41, 5.74) is -0.724. The Labute approximate surface area is 91.4 Å². The molecule has 1 aliphatic carbocycles. The molecule has 1 saturated carbocycles. The van der Waals surface area contributed by atoms with Crippen LogP contribution in [0.3, 0.4) is 0 Å². The standard InChI is InChI=1S/C9H12N4O3/c14-7(5-13-4-3-11-12-13)10-6-9(1-2-9)8(15)16/h3-4H,1-2,5-6H2,(H,10,14)(H,15,16). The molecule has 1 amide bonds. The van der Waals surface area contributed by atoms with Crippen LogP contribution < -0.4 is 5.32 Å². The molecule has 7 nitrogen and oxygen atoms in total. The van der Waals surface area contributed by atoms with Gasteiger partial charge in [0.2, 0.25) is 5.91 Å². The molecule has 0 unspecified atom stereocenters. The third-order valence-corrected chi connectivity index (χ3v) is 2.71. The van der Waals surface area contributed by atoms with Gasteiger partial charge in [0.1, 0.15) is 6.54 Å². The van der Waals surface area contributed by atoms with Gasteiger partial charge in [-0.25, -0.2) is 4.68 Å². The Morgan fingerprint density at radius 1 is 1.50 bits per heavy atom. The number of amides is 1. The topological polar surface area (TPSA) is 97.1 Å². The Morgan fingerprint density at radius 2 is 2.25 bits per heavy atom. The summed E-state index contributed by atoms with van der Waals surface area (Å²) in [6.07, 6.45) is 4.31. The Balaban J connectivity index is 1.78. The molecule has 1 heterocycles. The summed E-state index contributed by atoms with van der Waals surface area (Å²) in [6.45, 7) is 0.256. The van der Waals surface area contributed by atoms with Crippen LogP contribution in [-0.4, -0.2) is 38.5 Å². The van der Waals surface area contributed by atoms with E-state index in [9.17, 15) is 9.59 Å². The highest BCUT2D eigenvalue weighted by molar-refractivity contribution is 5.80. The Bertz CT molecular complexity index is 397. The Hall–Kier alpha value is -1.92. The lowest BCUT2D eigenvalue weighted by atomic mass is 10.1.